The van der Waals surface area contributed by atoms with E-state index >= 15 is 0 Å². The van der Waals surface area contributed by atoms with Gasteiger partial charge in [-0.2, -0.15) is 12.6 Å². The Bertz CT molecular complexity index is 181. The zero-order chi connectivity index (χ0) is 8.97. The molecule has 68 valence electrons. The largest absolute Gasteiger partial charge is 0.459 e. The average molecular weight is 188 g/mol. The van der Waals surface area contributed by atoms with Crippen molar-refractivity contribution in [3.05, 3.63) is 12.7 Å². The standard InChI is InChI=1S/C8H12O3S/c1-2-3-10-5-6-4-7(12)8(9)11-6/h2,6-7,12H,1,3-5H2/t6-,7-/m1/s1. The molecule has 0 aliphatic carbocycles. The molecule has 2 atom stereocenters. The Morgan fingerprint density at radius 1 is 1.83 bits per heavy atom. The summed E-state index contributed by atoms with van der Waals surface area (Å²) in [4.78, 5) is 10.8. The Labute approximate surface area is 77.1 Å². The van der Waals surface area contributed by atoms with Crippen molar-refractivity contribution >= 4 is 18.6 Å². The molecule has 0 unspecified atom stereocenters. The highest BCUT2D eigenvalue weighted by atomic mass is 32.1. The smallest absolute Gasteiger partial charge is 0.319 e. The molecule has 1 saturated heterocycles. The summed E-state index contributed by atoms with van der Waals surface area (Å²) in [7, 11) is 0. The number of hydrogen-bond acceptors (Lipinski definition) is 4. The molecule has 4 heteroatoms. The molecular weight excluding hydrogens is 176 g/mol. The van der Waals surface area contributed by atoms with Crippen LogP contribution in [0.3, 0.4) is 0 Å². The normalized spacial score (nSPS) is 28.6. The number of rotatable bonds is 4. The first-order valence-electron chi connectivity index (χ1n) is 3.81. The van der Waals surface area contributed by atoms with Crippen LogP contribution >= 0.6 is 12.6 Å². The van der Waals surface area contributed by atoms with E-state index in [0.717, 1.165) is 0 Å². The summed E-state index contributed by atoms with van der Waals surface area (Å²) in [5.41, 5.74) is 0. The summed E-state index contributed by atoms with van der Waals surface area (Å²) < 4.78 is 10.1. The number of esters is 1. The predicted octanol–water partition coefficient (Wildman–Crippen LogP) is 0.803. The van der Waals surface area contributed by atoms with Crippen molar-refractivity contribution in [3.8, 4) is 0 Å². The van der Waals surface area contributed by atoms with Crippen LogP contribution in [0.25, 0.3) is 0 Å². The molecular formula is C8H12O3S. The second-order valence-electron chi connectivity index (χ2n) is 2.64. The highest BCUT2D eigenvalue weighted by Crippen LogP contribution is 2.19. The maximum atomic E-state index is 10.8. The highest BCUT2D eigenvalue weighted by molar-refractivity contribution is 7.81. The van der Waals surface area contributed by atoms with Gasteiger partial charge in [0.15, 0.2) is 0 Å². The van der Waals surface area contributed by atoms with Crippen molar-refractivity contribution in [3.63, 3.8) is 0 Å². The maximum absolute atomic E-state index is 10.8. The lowest BCUT2D eigenvalue weighted by atomic mass is 10.2. The first kappa shape index (κ1) is 9.61. The van der Waals surface area contributed by atoms with Crippen molar-refractivity contribution < 1.29 is 14.3 Å². The summed E-state index contributed by atoms with van der Waals surface area (Å²) in [6.45, 7) is 4.44. The third kappa shape index (κ3) is 2.53. The molecule has 1 rings (SSSR count). The van der Waals surface area contributed by atoms with Crippen molar-refractivity contribution in [1.29, 1.82) is 0 Å². The second-order valence-corrected chi connectivity index (χ2v) is 3.26. The van der Waals surface area contributed by atoms with E-state index in [-0.39, 0.29) is 17.3 Å². The molecule has 1 aliphatic heterocycles. The quantitative estimate of drug-likeness (QED) is 0.307. The van der Waals surface area contributed by atoms with Gasteiger partial charge in [0.05, 0.1) is 13.2 Å². The first-order valence-corrected chi connectivity index (χ1v) is 4.33. The molecule has 0 aromatic heterocycles. The van der Waals surface area contributed by atoms with Crippen molar-refractivity contribution in [2.45, 2.75) is 17.8 Å². The molecule has 3 nitrogen and oxygen atoms in total. The summed E-state index contributed by atoms with van der Waals surface area (Å²) in [5, 5.41) is -0.276. The molecule has 0 amide bonds. The minimum atomic E-state index is -0.276. The van der Waals surface area contributed by atoms with Gasteiger partial charge in [0.1, 0.15) is 11.4 Å². The van der Waals surface area contributed by atoms with Crippen LogP contribution in [0.15, 0.2) is 12.7 Å². The van der Waals surface area contributed by atoms with Gasteiger partial charge < -0.3 is 9.47 Å². The third-order valence-electron chi connectivity index (χ3n) is 1.58. The molecule has 1 aliphatic rings. The monoisotopic (exact) mass is 188 g/mol. The molecule has 0 aromatic rings. The molecule has 0 aromatic carbocycles. The van der Waals surface area contributed by atoms with Gasteiger partial charge in [-0.05, 0) is 0 Å². The van der Waals surface area contributed by atoms with Crippen LogP contribution in [-0.2, 0) is 14.3 Å². The third-order valence-corrected chi connectivity index (χ3v) is 2.00. The van der Waals surface area contributed by atoms with Crippen LogP contribution in [-0.4, -0.2) is 30.5 Å². The van der Waals surface area contributed by atoms with Gasteiger partial charge in [0.2, 0.25) is 0 Å². The lowest BCUT2D eigenvalue weighted by Crippen LogP contribution is -2.14. The van der Waals surface area contributed by atoms with Gasteiger partial charge in [-0.1, -0.05) is 6.08 Å². The van der Waals surface area contributed by atoms with Crippen LogP contribution in [0.1, 0.15) is 6.42 Å². The molecule has 1 fully saturated rings. The first-order chi connectivity index (χ1) is 5.74. The number of hydrogen-bond donors (Lipinski definition) is 1. The van der Waals surface area contributed by atoms with E-state index in [4.69, 9.17) is 9.47 Å². The lowest BCUT2D eigenvalue weighted by molar-refractivity contribution is -0.142. The molecule has 0 radical (unpaired) electrons. The Hall–Kier alpha value is -0.480. The van der Waals surface area contributed by atoms with E-state index in [1.807, 2.05) is 0 Å². The van der Waals surface area contributed by atoms with Gasteiger partial charge in [-0.3, -0.25) is 4.79 Å². The van der Waals surface area contributed by atoms with Gasteiger partial charge in [-0.25, -0.2) is 0 Å². The number of carbonyl (C=O) groups excluding carboxylic acids is 1. The zero-order valence-electron chi connectivity index (χ0n) is 6.73. The fraction of sp³-hybridized carbons (Fsp3) is 0.625. The molecule has 0 saturated carbocycles. The van der Waals surface area contributed by atoms with Crippen molar-refractivity contribution in [2.24, 2.45) is 0 Å². The minimum absolute atomic E-state index is 0.125. The van der Waals surface area contributed by atoms with E-state index in [0.29, 0.717) is 19.6 Å². The molecule has 1 heterocycles. The Kier molecular flexibility index (Phi) is 3.62. The van der Waals surface area contributed by atoms with Crippen molar-refractivity contribution in [2.75, 3.05) is 13.2 Å². The van der Waals surface area contributed by atoms with Crippen LogP contribution in [0.4, 0.5) is 0 Å². The fourth-order valence-corrected chi connectivity index (χ4v) is 1.32. The SMILES string of the molecule is C=CCOC[C@H]1C[C@@H](S)C(=O)O1. The summed E-state index contributed by atoms with van der Waals surface area (Å²) >= 11 is 4.04. The maximum Gasteiger partial charge on any atom is 0.319 e. The van der Waals surface area contributed by atoms with E-state index in [1.165, 1.54) is 0 Å². The Balaban J connectivity index is 2.18. The lowest BCUT2D eigenvalue weighted by Gasteiger charge is -2.07. The van der Waals surface area contributed by atoms with E-state index in [9.17, 15) is 4.79 Å². The second kappa shape index (κ2) is 4.52. The van der Waals surface area contributed by atoms with Crippen LogP contribution in [0.5, 0.6) is 0 Å². The van der Waals surface area contributed by atoms with E-state index < -0.39 is 0 Å². The molecule has 0 bridgehead atoms. The number of cyclic esters (lactones) is 1. The molecule has 0 N–H and O–H groups in total. The Morgan fingerprint density at radius 3 is 3.08 bits per heavy atom. The fourth-order valence-electron chi connectivity index (χ4n) is 1.02. The van der Waals surface area contributed by atoms with E-state index in [1.54, 1.807) is 6.08 Å². The number of carbonyl (C=O) groups is 1. The Morgan fingerprint density at radius 2 is 2.58 bits per heavy atom. The summed E-state index contributed by atoms with van der Waals surface area (Å²) in [5.74, 6) is -0.245. The molecule has 12 heavy (non-hydrogen) atoms. The van der Waals surface area contributed by atoms with Gasteiger partial charge in [-0.15, -0.1) is 6.58 Å². The summed E-state index contributed by atoms with van der Waals surface area (Å²) in [6, 6.07) is 0. The van der Waals surface area contributed by atoms with Gasteiger partial charge in [0, 0.05) is 6.42 Å². The van der Waals surface area contributed by atoms with Crippen LogP contribution < -0.4 is 0 Å². The number of ether oxygens (including phenoxy) is 2. The van der Waals surface area contributed by atoms with Crippen LogP contribution in [0, 0.1) is 0 Å². The zero-order valence-corrected chi connectivity index (χ0v) is 7.63. The van der Waals surface area contributed by atoms with Gasteiger partial charge in [0.25, 0.3) is 0 Å². The molecule has 0 spiro atoms. The summed E-state index contributed by atoms with van der Waals surface area (Å²) in [6.07, 6.45) is 2.17. The topological polar surface area (TPSA) is 35.5 Å². The average Bonchev–Trinajstić information content (AvgIpc) is 2.32. The van der Waals surface area contributed by atoms with Crippen LogP contribution in [0.2, 0.25) is 0 Å². The van der Waals surface area contributed by atoms with Gasteiger partial charge >= 0.3 is 5.97 Å². The number of thiol groups is 1. The van der Waals surface area contributed by atoms with Crippen molar-refractivity contribution in [1.82, 2.24) is 0 Å². The minimum Gasteiger partial charge on any atom is -0.459 e. The van der Waals surface area contributed by atoms with E-state index in [2.05, 4.69) is 19.2 Å². The predicted molar refractivity (Wildman–Crippen MR) is 48.3 cm³/mol. The highest BCUT2D eigenvalue weighted by Gasteiger charge is 2.31.